The third-order valence-corrected chi connectivity index (χ3v) is 4.13. The second kappa shape index (κ2) is 4.69. The van der Waals surface area contributed by atoms with Gasteiger partial charge in [0.2, 0.25) is 5.91 Å². The quantitative estimate of drug-likeness (QED) is 0.806. The number of amides is 1. The van der Waals surface area contributed by atoms with Gasteiger partial charge >= 0.3 is 0 Å². The van der Waals surface area contributed by atoms with Crippen molar-refractivity contribution in [2.24, 2.45) is 20.0 Å². The summed E-state index contributed by atoms with van der Waals surface area (Å²) in [6.45, 7) is 0. The summed E-state index contributed by atoms with van der Waals surface area (Å²) in [7, 11) is 3.91. The average molecular weight is 295 g/mol. The molecule has 1 fully saturated rings. The molecule has 1 saturated carbocycles. The van der Waals surface area contributed by atoms with Crippen molar-refractivity contribution < 1.29 is 4.79 Å². The van der Waals surface area contributed by atoms with Crippen LogP contribution in [0.2, 0.25) is 0 Å². The van der Waals surface area contributed by atoms with Crippen molar-refractivity contribution in [1.29, 1.82) is 0 Å². The third kappa shape index (κ3) is 2.16. The number of carbonyl (C=O) groups is 1. The second-order valence-corrected chi connectivity index (χ2v) is 5.88. The highest BCUT2D eigenvalue weighted by molar-refractivity contribution is 5.95. The van der Waals surface area contributed by atoms with Crippen LogP contribution in [0, 0.1) is 5.92 Å². The maximum Gasteiger partial charge on any atom is 0.228 e. The number of aromatic nitrogens is 4. The predicted molar refractivity (Wildman–Crippen MR) is 84.3 cm³/mol. The van der Waals surface area contributed by atoms with Gasteiger partial charge in [0.1, 0.15) is 5.82 Å². The number of nitrogens with one attached hydrogen (secondary N) is 1. The van der Waals surface area contributed by atoms with Gasteiger partial charge in [-0.2, -0.15) is 5.10 Å². The molecule has 0 unspecified atom stereocenters. The van der Waals surface area contributed by atoms with Crippen molar-refractivity contribution in [2.45, 2.75) is 12.8 Å². The van der Waals surface area contributed by atoms with E-state index < -0.39 is 0 Å². The van der Waals surface area contributed by atoms with E-state index in [4.69, 9.17) is 0 Å². The van der Waals surface area contributed by atoms with Gasteiger partial charge in [-0.05, 0) is 18.9 Å². The molecule has 3 heterocycles. The first-order valence-corrected chi connectivity index (χ1v) is 7.37. The van der Waals surface area contributed by atoms with Gasteiger partial charge in [-0.3, -0.25) is 9.48 Å². The number of rotatable bonds is 3. The van der Waals surface area contributed by atoms with Crippen molar-refractivity contribution in [3.8, 4) is 11.3 Å². The SMILES string of the molecule is Cn1cc(-c2cc3cnc(NC(=O)C4CC4)cc3n2C)cn1. The maximum atomic E-state index is 11.9. The number of carbonyl (C=O) groups excluding carboxylic acids is 1. The first-order chi connectivity index (χ1) is 10.6. The normalized spacial score (nSPS) is 14.5. The van der Waals surface area contributed by atoms with Gasteiger partial charge in [0.25, 0.3) is 0 Å². The van der Waals surface area contributed by atoms with E-state index in [-0.39, 0.29) is 11.8 Å². The van der Waals surface area contributed by atoms with E-state index in [0.29, 0.717) is 5.82 Å². The molecule has 6 heteroatoms. The molecule has 1 aliphatic rings. The fourth-order valence-electron chi connectivity index (χ4n) is 2.70. The molecule has 0 aromatic carbocycles. The number of hydrogen-bond donors (Lipinski definition) is 1. The van der Waals surface area contributed by atoms with E-state index in [1.807, 2.05) is 32.6 Å². The van der Waals surface area contributed by atoms with E-state index >= 15 is 0 Å². The zero-order valence-corrected chi connectivity index (χ0v) is 12.6. The number of fused-ring (bicyclic) bond motifs is 1. The van der Waals surface area contributed by atoms with Crippen molar-refractivity contribution in [3.63, 3.8) is 0 Å². The largest absolute Gasteiger partial charge is 0.343 e. The molecule has 0 saturated heterocycles. The Hall–Kier alpha value is -2.63. The van der Waals surface area contributed by atoms with Crippen molar-refractivity contribution in [1.82, 2.24) is 19.3 Å². The minimum Gasteiger partial charge on any atom is -0.343 e. The Morgan fingerprint density at radius 3 is 2.77 bits per heavy atom. The molecule has 1 amide bonds. The zero-order chi connectivity index (χ0) is 15.3. The van der Waals surface area contributed by atoms with Crippen LogP contribution in [0.3, 0.4) is 0 Å². The summed E-state index contributed by atoms with van der Waals surface area (Å²) in [5.74, 6) is 0.869. The molecular weight excluding hydrogens is 278 g/mol. The van der Waals surface area contributed by atoms with Gasteiger partial charge in [0, 0.05) is 49.4 Å². The molecule has 3 aromatic rings. The number of pyridine rings is 1. The van der Waals surface area contributed by atoms with Crippen molar-refractivity contribution >= 4 is 22.6 Å². The Morgan fingerprint density at radius 2 is 2.09 bits per heavy atom. The summed E-state index contributed by atoms with van der Waals surface area (Å²) >= 11 is 0. The Morgan fingerprint density at radius 1 is 1.27 bits per heavy atom. The standard InChI is InChI=1S/C16H17N5O/c1-20-9-12(8-18-20)13-5-11-7-17-15(6-14(11)21(13)2)19-16(22)10-3-4-10/h5-10H,3-4H2,1-2H3,(H,17,19,22). The molecule has 0 radical (unpaired) electrons. The Bertz CT molecular complexity index is 872. The van der Waals surface area contributed by atoms with E-state index in [0.717, 1.165) is 35.0 Å². The van der Waals surface area contributed by atoms with E-state index in [1.54, 1.807) is 10.9 Å². The molecule has 1 N–H and O–H groups in total. The van der Waals surface area contributed by atoms with Crippen LogP contribution in [-0.4, -0.2) is 25.2 Å². The van der Waals surface area contributed by atoms with Crippen LogP contribution >= 0.6 is 0 Å². The maximum absolute atomic E-state index is 11.9. The minimum atomic E-state index is 0.0774. The number of nitrogens with zero attached hydrogens (tertiary/aromatic N) is 4. The summed E-state index contributed by atoms with van der Waals surface area (Å²) in [6, 6.07) is 4.02. The van der Waals surface area contributed by atoms with Crippen molar-refractivity contribution in [2.75, 3.05) is 5.32 Å². The monoisotopic (exact) mass is 295 g/mol. The van der Waals surface area contributed by atoms with Gasteiger partial charge in [-0.15, -0.1) is 0 Å². The number of hydrogen-bond acceptors (Lipinski definition) is 3. The zero-order valence-electron chi connectivity index (χ0n) is 12.6. The molecule has 4 rings (SSSR count). The second-order valence-electron chi connectivity index (χ2n) is 5.88. The van der Waals surface area contributed by atoms with Gasteiger partial charge in [-0.1, -0.05) is 0 Å². The van der Waals surface area contributed by atoms with Crippen LogP contribution < -0.4 is 5.32 Å². The minimum absolute atomic E-state index is 0.0774. The lowest BCUT2D eigenvalue weighted by Crippen LogP contribution is -2.14. The van der Waals surface area contributed by atoms with E-state index in [2.05, 4.69) is 26.0 Å². The summed E-state index contributed by atoms with van der Waals surface area (Å²) < 4.78 is 3.88. The molecule has 0 spiro atoms. The summed E-state index contributed by atoms with van der Waals surface area (Å²) in [4.78, 5) is 16.2. The Kier molecular flexibility index (Phi) is 2.79. The van der Waals surface area contributed by atoms with Crippen LogP contribution in [0.15, 0.2) is 30.7 Å². The molecule has 6 nitrogen and oxygen atoms in total. The molecular formula is C16H17N5O. The summed E-state index contributed by atoms with van der Waals surface area (Å²) in [6.07, 6.45) is 7.61. The lowest BCUT2D eigenvalue weighted by molar-refractivity contribution is -0.117. The lowest BCUT2D eigenvalue weighted by atomic mass is 10.2. The summed E-state index contributed by atoms with van der Waals surface area (Å²) in [5.41, 5.74) is 3.18. The Balaban J connectivity index is 1.73. The van der Waals surface area contributed by atoms with Crippen LogP contribution in [0.25, 0.3) is 22.2 Å². The van der Waals surface area contributed by atoms with E-state index in [9.17, 15) is 4.79 Å². The summed E-state index contributed by atoms with van der Waals surface area (Å²) in [5, 5.41) is 8.16. The van der Waals surface area contributed by atoms with Crippen LogP contribution in [0.1, 0.15) is 12.8 Å². The smallest absolute Gasteiger partial charge is 0.228 e. The molecule has 112 valence electrons. The van der Waals surface area contributed by atoms with Crippen LogP contribution in [0.5, 0.6) is 0 Å². The van der Waals surface area contributed by atoms with Gasteiger partial charge in [-0.25, -0.2) is 4.98 Å². The molecule has 22 heavy (non-hydrogen) atoms. The Labute approximate surface area is 127 Å². The average Bonchev–Trinajstić information content (AvgIpc) is 3.20. The molecule has 0 bridgehead atoms. The van der Waals surface area contributed by atoms with E-state index in [1.165, 1.54) is 0 Å². The molecule has 1 aliphatic carbocycles. The predicted octanol–water partition coefficient (Wildman–Crippen LogP) is 2.32. The van der Waals surface area contributed by atoms with Crippen LogP contribution in [0.4, 0.5) is 5.82 Å². The fourth-order valence-corrected chi connectivity index (χ4v) is 2.70. The first-order valence-electron chi connectivity index (χ1n) is 7.37. The number of anilines is 1. The highest BCUT2D eigenvalue weighted by Crippen LogP contribution is 2.31. The van der Waals surface area contributed by atoms with Crippen LogP contribution in [-0.2, 0) is 18.9 Å². The number of aryl methyl sites for hydroxylation is 2. The molecule has 0 atom stereocenters. The van der Waals surface area contributed by atoms with Gasteiger partial charge < -0.3 is 9.88 Å². The van der Waals surface area contributed by atoms with Gasteiger partial charge in [0.15, 0.2) is 0 Å². The lowest BCUT2D eigenvalue weighted by Gasteiger charge is -2.05. The third-order valence-electron chi connectivity index (χ3n) is 4.13. The first kappa shape index (κ1) is 13.1. The highest BCUT2D eigenvalue weighted by atomic mass is 16.2. The van der Waals surface area contributed by atoms with Crippen molar-refractivity contribution in [3.05, 3.63) is 30.7 Å². The highest BCUT2D eigenvalue weighted by Gasteiger charge is 2.29. The van der Waals surface area contributed by atoms with Gasteiger partial charge in [0.05, 0.1) is 17.4 Å². The molecule has 0 aliphatic heterocycles. The topological polar surface area (TPSA) is 64.7 Å². The fraction of sp³-hybridized carbons (Fsp3) is 0.312. The molecule has 3 aromatic heterocycles.